The third-order valence-electron chi connectivity index (χ3n) is 5.09. The van der Waals surface area contributed by atoms with E-state index in [0.717, 1.165) is 6.07 Å². The molecule has 0 unspecified atom stereocenters. The number of likely N-dealkylation sites (tertiary alicyclic amines) is 1. The van der Waals surface area contributed by atoms with Gasteiger partial charge in [-0.15, -0.1) is 0 Å². The number of halogens is 2. The highest BCUT2D eigenvalue weighted by Gasteiger charge is 2.39. The first-order valence-corrected chi connectivity index (χ1v) is 10.7. The van der Waals surface area contributed by atoms with E-state index in [0.29, 0.717) is 13.0 Å². The van der Waals surface area contributed by atoms with Crippen molar-refractivity contribution in [1.29, 1.82) is 0 Å². The molecule has 0 aromatic heterocycles. The quantitative estimate of drug-likeness (QED) is 0.512. The smallest absolute Gasteiger partial charge is 0.410 e. The molecular weight excluding hydrogens is 422 g/mol. The fourth-order valence-corrected chi connectivity index (χ4v) is 3.68. The predicted molar refractivity (Wildman–Crippen MR) is 114 cm³/mol. The van der Waals surface area contributed by atoms with Gasteiger partial charge in [0.2, 0.25) is 0 Å². The van der Waals surface area contributed by atoms with Crippen LogP contribution in [0.3, 0.4) is 0 Å². The molecule has 1 fully saturated rings. The first-order chi connectivity index (χ1) is 14.7. The number of rotatable bonds is 6. The molecule has 0 bridgehead atoms. The maximum Gasteiger partial charge on any atom is 0.410 e. The molecule has 32 heavy (non-hydrogen) atoms. The standard InChI is InChI=1S/C23H34F2N2O5/c1-22(2,3)31-20(28)16(11-14-7-8-18(24)17(13-30-26)19(14)25)15-9-10-27(12-15)21(29)32-23(4,5)6/h7-8,15-16H,9-13,26H2,1-6H3/t15-,16-/m0/s1. The number of carbonyl (C=O) groups is 2. The Balaban J connectivity index is 2.28. The summed E-state index contributed by atoms with van der Waals surface area (Å²) in [4.78, 5) is 31.5. The second-order valence-electron chi connectivity index (χ2n) is 10.1. The highest BCUT2D eigenvalue weighted by molar-refractivity contribution is 5.74. The van der Waals surface area contributed by atoms with Gasteiger partial charge in [0.05, 0.1) is 18.1 Å². The molecule has 2 atom stereocenters. The SMILES string of the molecule is CC(C)(C)OC(=O)[C@@H](Cc1ccc(F)c(CON)c1F)[C@H]1CCN(C(=O)OC(C)(C)C)C1. The molecule has 9 heteroatoms. The van der Waals surface area contributed by atoms with E-state index in [1.54, 1.807) is 46.4 Å². The van der Waals surface area contributed by atoms with Crippen molar-refractivity contribution in [2.45, 2.75) is 72.2 Å². The van der Waals surface area contributed by atoms with E-state index in [-0.39, 0.29) is 30.0 Å². The van der Waals surface area contributed by atoms with Gasteiger partial charge >= 0.3 is 12.1 Å². The Bertz CT molecular complexity index is 833. The lowest BCUT2D eigenvalue weighted by molar-refractivity contribution is -0.162. The zero-order valence-corrected chi connectivity index (χ0v) is 19.7. The highest BCUT2D eigenvalue weighted by Crippen LogP contribution is 2.32. The fourth-order valence-electron chi connectivity index (χ4n) is 3.68. The lowest BCUT2D eigenvalue weighted by Crippen LogP contribution is -2.38. The van der Waals surface area contributed by atoms with Gasteiger partial charge in [-0.25, -0.2) is 19.5 Å². The Labute approximate surface area is 188 Å². The number of nitrogens with two attached hydrogens (primary N) is 1. The van der Waals surface area contributed by atoms with Gasteiger partial charge in [0.25, 0.3) is 0 Å². The van der Waals surface area contributed by atoms with E-state index in [1.807, 2.05) is 0 Å². The third kappa shape index (κ3) is 7.13. The summed E-state index contributed by atoms with van der Waals surface area (Å²) in [7, 11) is 0. The number of benzene rings is 1. The average molecular weight is 457 g/mol. The first kappa shape index (κ1) is 26.0. The summed E-state index contributed by atoms with van der Waals surface area (Å²) in [6.45, 7) is 10.8. The van der Waals surface area contributed by atoms with Crippen molar-refractivity contribution in [3.8, 4) is 0 Å². The molecule has 2 N–H and O–H groups in total. The highest BCUT2D eigenvalue weighted by atomic mass is 19.1. The normalized spacial score (nSPS) is 17.9. The van der Waals surface area contributed by atoms with Crippen molar-refractivity contribution in [3.63, 3.8) is 0 Å². The largest absolute Gasteiger partial charge is 0.460 e. The van der Waals surface area contributed by atoms with Crippen LogP contribution in [0.4, 0.5) is 13.6 Å². The second kappa shape index (κ2) is 10.1. The lowest BCUT2D eigenvalue weighted by Gasteiger charge is -2.28. The minimum absolute atomic E-state index is 0.00851. The van der Waals surface area contributed by atoms with Crippen molar-refractivity contribution in [2.24, 2.45) is 17.7 Å². The molecule has 1 amide bonds. The zero-order valence-electron chi connectivity index (χ0n) is 19.7. The van der Waals surface area contributed by atoms with Crippen molar-refractivity contribution in [2.75, 3.05) is 13.1 Å². The molecule has 1 saturated heterocycles. The first-order valence-electron chi connectivity index (χ1n) is 10.7. The summed E-state index contributed by atoms with van der Waals surface area (Å²) < 4.78 is 39.9. The van der Waals surface area contributed by atoms with Gasteiger partial charge < -0.3 is 14.4 Å². The molecule has 0 aliphatic carbocycles. The lowest BCUT2D eigenvalue weighted by atomic mass is 9.85. The number of amides is 1. The fraction of sp³-hybridized carbons (Fsp3) is 0.652. The van der Waals surface area contributed by atoms with E-state index < -0.39 is 47.4 Å². The summed E-state index contributed by atoms with van der Waals surface area (Å²) >= 11 is 0. The number of ether oxygens (including phenoxy) is 2. The Kier molecular flexibility index (Phi) is 8.22. The Hall–Kier alpha value is -2.26. The molecular formula is C23H34F2N2O5. The van der Waals surface area contributed by atoms with E-state index >= 15 is 0 Å². The van der Waals surface area contributed by atoms with Crippen LogP contribution in [0.15, 0.2) is 12.1 Å². The number of hydrogen-bond donors (Lipinski definition) is 1. The average Bonchev–Trinajstić information content (AvgIpc) is 3.11. The van der Waals surface area contributed by atoms with Crippen LogP contribution in [0.2, 0.25) is 0 Å². The molecule has 0 radical (unpaired) electrons. The molecule has 2 rings (SSSR count). The summed E-state index contributed by atoms with van der Waals surface area (Å²) in [5, 5.41) is 0. The zero-order chi connectivity index (χ0) is 24.3. The van der Waals surface area contributed by atoms with Gasteiger partial charge in [-0.05, 0) is 71.9 Å². The molecule has 0 saturated carbocycles. The van der Waals surface area contributed by atoms with Gasteiger partial charge in [0.1, 0.15) is 22.8 Å². The van der Waals surface area contributed by atoms with E-state index in [2.05, 4.69) is 4.84 Å². The Morgan fingerprint density at radius 2 is 1.75 bits per heavy atom. The maximum absolute atomic E-state index is 14.9. The Morgan fingerprint density at radius 3 is 2.31 bits per heavy atom. The molecule has 1 aliphatic rings. The molecule has 7 nitrogen and oxygen atoms in total. The monoisotopic (exact) mass is 456 g/mol. The van der Waals surface area contributed by atoms with Crippen molar-refractivity contribution < 1.29 is 32.7 Å². The second-order valence-corrected chi connectivity index (χ2v) is 10.1. The van der Waals surface area contributed by atoms with Gasteiger partial charge in [0, 0.05) is 13.1 Å². The number of nitrogens with zero attached hydrogens (tertiary/aromatic N) is 1. The van der Waals surface area contributed by atoms with Crippen LogP contribution in [-0.4, -0.2) is 41.3 Å². The minimum atomic E-state index is -0.800. The molecule has 180 valence electrons. The number of carbonyl (C=O) groups excluding carboxylic acids is 2. The molecule has 1 heterocycles. The van der Waals surface area contributed by atoms with Crippen molar-refractivity contribution in [3.05, 3.63) is 34.9 Å². The molecule has 1 aromatic carbocycles. The summed E-state index contributed by atoms with van der Waals surface area (Å²) in [6.07, 6.45) is 0.0640. The van der Waals surface area contributed by atoms with Gasteiger partial charge in [-0.3, -0.25) is 9.63 Å². The minimum Gasteiger partial charge on any atom is -0.460 e. The van der Waals surface area contributed by atoms with E-state index in [4.69, 9.17) is 15.4 Å². The van der Waals surface area contributed by atoms with Crippen LogP contribution >= 0.6 is 0 Å². The van der Waals surface area contributed by atoms with Gasteiger partial charge in [0.15, 0.2) is 0 Å². The van der Waals surface area contributed by atoms with Crippen LogP contribution in [0.25, 0.3) is 0 Å². The van der Waals surface area contributed by atoms with Crippen LogP contribution in [-0.2, 0) is 32.1 Å². The van der Waals surface area contributed by atoms with E-state index in [9.17, 15) is 18.4 Å². The molecule has 0 spiro atoms. The maximum atomic E-state index is 14.9. The van der Waals surface area contributed by atoms with Crippen molar-refractivity contribution >= 4 is 12.1 Å². The summed E-state index contributed by atoms with van der Waals surface area (Å²) in [5.74, 6) is 1.93. The van der Waals surface area contributed by atoms with Gasteiger partial charge in [-0.2, -0.15) is 0 Å². The predicted octanol–water partition coefficient (Wildman–Crippen LogP) is 4.11. The molecule has 1 aromatic rings. The summed E-state index contributed by atoms with van der Waals surface area (Å²) in [5.41, 5.74) is -1.52. The van der Waals surface area contributed by atoms with Crippen molar-refractivity contribution in [1.82, 2.24) is 4.90 Å². The van der Waals surface area contributed by atoms with E-state index in [1.165, 1.54) is 6.07 Å². The molecule has 1 aliphatic heterocycles. The third-order valence-corrected chi connectivity index (χ3v) is 5.09. The summed E-state index contributed by atoms with van der Waals surface area (Å²) in [6, 6.07) is 2.43. The van der Waals surface area contributed by atoms with Crippen LogP contribution < -0.4 is 5.90 Å². The Morgan fingerprint density at radius 1 is 1.12 bits per heavy atom. The van der Waals surface area contributed by atoms with Gasteiger partial charge in [-0.1, -0.05) is 6.07 Å². The number of esters is 1. The van der Waals surface area contributed by atoms with Crippen LogP contribution in [0, 0.1) is 23.5 Å². The van der Waals surface area contributed by atoms with Crippen LogP contribution in [0.1, 0.15) is 59.1 Å². The topological polar surface area (TPSA) is 91.1 Å². The number of hydrogen-bond acceptors (Lipinski definition) is 6. The van der Waals surface area contributed by atoms with Crippen LogP contribution in [0.5, 0.6) is 0 Å².